The molecule has 0 saturated carbocycles. The van der Waals surface area contributed by atoms with Crippen LogP contribution in [0.2, 0.25) is 0 Å². The van der Waals surface area contributed by atoms with Gasteiger partial charge in [0.25, 0.3) is 11.6 Å². The van der Waals surface area contributed by atoms with Gasteiger partial charge >= 0.3 is 0 Å². The number of non-ortho nitro benzene ring substituents is 1. The molecule has 1 heterocycles. The van der Waals surface area contributed by atoms with Crippen molar-refractivity contribution in [2.75, 3.05) is 5.32 Å². The summed E-state index contributed by atoms with van der Waals surface area (Å²) in [6.07, 6.45) is 0. The Hall–Kier alpha value is -2.39. The molecule has 0 fully saturated rings. The normalized spacial score (nSPS) is 10.8. The molecule has 0 aliphatic carbocycles. The minimum atomic E-state index is -0.639. The number of nitrogens with zero attached hydrogens (tertiary/aromatic N) is 1. The zero-order valence-electron chi connectivity index (χ0n) is 11.7. The van der Waals surface area contributed by atoms with Crippen molar-refractivity contribution in [3.63, 3.8) is 0 Å². The standard InChI is InChI=1S/C15H8Br2N2O5/c16-8-3-7-4-13(24-14(7)10(17)5-8)15(21)18-11-2-1-9(19(22)23)6-12(11)20/h1-6,20H,(H,18,21). The van der Waals surface area contributed by atoms with Crippen LogP contribution in [-0.2, 0) is 0 Å². The lowest BCUT2D eigenvalue weighted by atomic mass is 10.2. The predicted molar refractivity (Wildman–Crippen MR) is 94.3 cm³/mol. The molecular weight excluding hydrogens is 448 g/mol. The Morgan fingerprint density at radius 1 is 1.21 bits per heavy atom. The van der Waals surface area contributed by atoms with E-state index in [0.29, 0.717) is 15.4 Å². The summed E-state index contributed by atoms with van der Waals surface area (Å²) in [6.45, 7) is 0. The highest BCUT2D eigenvalue weighted by atomic mass is 79.9. The van der Waals surface area contributed by atoms with Gasteiger partial charge in [0.2, 0.25) is 0 Å². The van der Waals surface area contributed by atoms with Crippen molar-refractivity contribution in [2.24, 2.45) is 0 Å². The van der Waals surface area contributed by atoms with Gasteiger partial charge in [0.05, 0.1) is 21.1 Å². The molecule has 0 unspecified atom stereocenters. The summed E-state index contributed by atoms with van der Waals surface area (Å²) in [6, 6.07) is 8.53. The van der Waals surface area contributed by atoms with Gasteiger partial charge in [-0.1, -0.05) is 15.9 Å². The summed E-state index contributed by atoms with van der Waals surface area (Å²) >= 11 is 6.70. The average Bonchev–Trinajstić information content (AvgIpc) is 2.93. The Morgan fingerprint density at radius 3 is 2.62 bits per heavy atom. The number of hydrogen-bond acceptors (Lipinski definition) is 5. The zero-order chi connectivity index (χ0) is 17.4. The van der Waals surface area contributed by atoms with E-state index in [1.807, 2.05) is 0 Å². The second-order valence-electron chi connectivity index (χ2n) is 4.83. The van der Waals surface area contributed by atoms with Gasteiger partial charge in [-0.3, -0.25) is 14.9 Å². The fourth-order valence-electron chi connectivity index (χ4n) is 2.11. The highest BCUT2D eigenvalue weighted by molar-refractivity contribution is 9.11. The van der Waals surface area contributed by atoms with Gasteiger partial charge in [0, 0.05) is 15.9 Å². The number of carbonyl (C=O) groups is 1. The van der Waals surface area contributed by atoms with Crippen LogP contribution in [-0.4, -0.2) is 15.9 Å². The molecule has 7 nitrogen and oxygen atoms in total. The summed E-state index contributed by atoms with van der Waals surface area (Å²) in [5.74, 6) is -0.947. The molecule has 9 heteroatoms. The first-order valence-electron chi connectivity index (χ1n) is 6.52. The molecule has 1 amide bonds. The van der Waals surface area contributed by atoms with Gasteiger partial charge in [-0.25, -0.2) is 0 Å². The largest absolute Gasteiger partial charge is 0.506 e. The molecule has 0 spiro atoms. The monoisotopic (exact) mass is 454 g/mol. The molecular formula is C15H8Br2N2O5. The second kappa shape index (κ2) is 6.25. The van der Waals surface area contributed by atoms with E-state index in [2.05, 4.69) is 37.2 Å². The highest BCUT2D eigenvalue weighted by Crippen LogP contribution is 2.32. The van der Waals surface area contributed by atoms with E-state index >= 15 is 0 Å². The lowest BCUT2D eigenvalue weighted by molar-refractivity contribution is -0.384. The fraction of sp³-hybridized carbons (Fsp3) is 0. The van der Waals surface area contributed by atoms with E-state index in [0.717, 1.165) is 10.5 Å². The van der Waals surface area contributed by atoms with Crippen molar-refractivity contribution in [1.29, 1.82) is 0 Å². The van der Waals surface area contributed by atoms with Crippen molar-refractivity contribution in [2.45, 2.75) is 0 Å². The number of aromatic hydroxyl groups is 1. The van der Waals surface area contributed by atoms with Crippen LogP contribution in [0.3, 0.4) is 0 Å². The molecule has 2 aromatic carbocycles. The Kier molecular flexibility index (Phi) is 4.29. The van der Waals surface area contributed by atoms with Crippen LogP contribution in [0, 0.1) is 10.1 Å². The smallest absolute Gasteiger partial charge is 0.291 e. The molecule has 1 aromatic heterocycles. The number of benzene rings is 2. The maximum atomic E-state index is 12.3. The molecule has 3 rings (SSSR count). The van der Waals surface area contributed by atoms with E-state index < -0.39 is 16.6 Å². The van der Waals surface area contributed by atoms with Crippen LogP contribution >= 0.6 is 31.9 Å². The predicted octanol–water partition coefficient (Wildman–Crippen LogP) is 4.82. The number of hydrogen-bond donors (Lipinski definition) is 2. The van der Waals surface area contributed by atoms with E-state index in [1.54, 1.807) is 18.2 Å². The summed E-state index contributed by atoms with van der Waals surface area (Å²) in [7, 11) is 0. The number of nitro benzene ring substituents is 1. The first kappa shape index (κ1) is 16.5. The van der Waals surface area contributed by atoms with E-state index in [4.69, 9.17) is 4.42 Å². The van der Waals surface area contributed by atoms with Crippen LogP contribution in [0.25, 0.3) is 11.0 Å². The van der Waals surface area contributed by atoms with Gasteiger partial charge in [-0.15, -0.1) is 0 Å². The number of anilines is 1. The van der Waals surface area contributed by atoms with E-state index in [9.17, 15) is 20.0 Å². The Morgan fingerprint density at radius 2 is 1.96 bits per heavy atom. The van der Waals surface area contributed by atoms with Crippen LogP contribution in [0.15, 0.2) is 49.8 Å². The molecule has 0 atom stereocenters. The molecule has 24 heavy (non-hydrogen) atoms. The maximum absolute atomic E-state index is 12.3. The van der Waals surface area contributed by atoms with Gasteiger partial charge in [0.15, 0.2) is 5.76 Å². The average molecular weight is 456 g/mol. The Labute approximate surface area is 151 Å². The molecule has 0 bridgehead atoms. The molecule has 3 aromatic rings. The molecule has 0 saturated heterocycles. The van der Waals surface area contributed by atoms with Gasteiger partial charge in [-0.05, 0) is 40.2 Å². The third-order valence-corrected chi connectivity index (χ3v) is 4.25. The second-order valence-corrected chi connectivity index (χ2v) is 6.60. The number of fused-ring (bicyclic) bond motifs is 1. The highest BCUT2D eigenvalue weighted by Gasteiger charge is 2.17. The molecule has 2 N–H and O–H groups in total. The Bertz CT molecular complexity index is 983. The molecule has 122 valence electrons. The number of amides is 1. The van der Waals surface area contributed by atoms with Crippen molar-refractivity contribution < 1.29 is 19.2 Å². The van der Waals surface area contributed by atoms with Crippen molar-refractivity contribution in [1.82, 2.24) is 0 Å². The molecule has 0 radical (unpaired) electrons. The van der Waals surface area contributed by atoms with Crippen molar-refractivity contribution >= 4 is 60.1 Å². The summed E-state index contributed by atoms with van der Waals surface area (Å²) in [4.78, 5) is 22.3. The fourth-order valence-corrected chi connectivity index (χ4v) is 3.45. The first-order valence-corrected chi connectivity index (χ1v) is 8.11. The number of rotatable bonds is 3. The van der Waals surface area contributed by atoms with E-state index in [-0.39, 0.29) is 17.1 Å². The SMILES string of the molecule is O=C(Nc1ccc([N+](=O)[O-])cc1O)c1cc2cc(Br)cc(Br)c2o1. The van der Waals surface area contributed by atoms with E-state index in [1.165, 1.54) is 12.1 Å². The number of furan rings is 1. The maximum Gasteiger partial charge on any atom is 0.291 e. The van der Waals surface area contributed by atoms with Crippen molar-refractivity contribution in [3.05, 3.63) is 61.2 Å². The third kappa shape index (κ3) is 3.13. The van der Waals surface area contributed by atoms with Crippen LogP contribution in [0.4, 0.5) is 11.4 Å². The van der Waals surface area contributed by atoms with Gasteiger partial charge < -0.3 is 14.8 Å². The number of nitrogens with one attached hydrogen (secondary N) is 1. The number of phenolic OH excluding ortho intramolecular Hbond substituents is 1. The molecule has 0 aliphatic heterocycles. The number of nitro groups is 1. The lowest BCUT2D eigenvalue weighted by Crippen LogP contribution is -2.11. The van der Waals surface area contributed by atoms with Crippen LogP contribution in [0.1, 0.15) is 10.6 Å². The number of halogens is 2. The topological polar surface area (TPSA) is 106 Å². The minimum Gasteiger partial charge on any atom is -0.506 e. The van der Waals surface area contributed by atoms with Gasteiger partial charge in [0.1, 0.15) is 11.3 Å². The molecule has 0 aliphatic rings. The number of phenols is 1. The third-order valence-electron chi connectivity index (χ3n) is 3.20. The van der Waals surface area contributed by atoms with Gasteiger partial charge in [-0.2, -0.15) is 0 Å². The summed E-state index contributed by atoms with van der Waals surface area (Å²) in [5.41, 5.74) is 0.283. The summed E-state index contributed by atoms with van der Waals surface area (Å²) in [5, 5.41) is 23.6. The first-order chi connectivity index (χ1) is 11.3. The van der Waals surface area contributed by atoms with Crippen molar-refractivity contribution in [3.8, 4) is 5.75 Å². The zero-order valence-corrected chi connectivity index (χ0v) is 14.9. The van der Waals surface area contributed by atoms with Crippen LogP contribution in [0.5, 0.6) is 5.75 Å². The summed E-state index contributed by atoms with van der Waals surface area (Å²) < 4.78 is 7.03. The minimum absolute atomic E-state index is 0.0431. The quantitative estimate of drug-likeness (QED) is 0.334. The number of carbonyl (C=O) groups excluding carboxylic acids is 1. The Balaban J connectivity index is 1.90. The van der Waals surface area contributed by atoms with Crippen LogP contribution < -0.4 is 5.32 Å². The lowest BCUT2D eigenvalue weighted by Gasteiger charge is -2.05.